The number of rotatable bonds is 7. The highest BCUT2D eigenvalue weighted by Gasteiger charge is 2.28. The number of hydrogen-bond donors (Lipinski definition) is 4. The van der Waals surface area contributed by atoms with Gasteiger partial charge in [0, 0.05) is 47.6 Å². The third kappa shape index (κ3) is 9.58. The second-order valence-electron chi connectivity index (χ2n) is 15.8. The Kier molecular flexibility index (Phi) is 14.3. The van der Waals surface area contributed by atoms with E-state index in [2.05, 4.69) is 63.9 Å². The number of aromatic nitrogens is 4. The van der Waals surface area contributed by atoms with E-state index >= 15 is 0 Å². The van der Waals surface area contributed by atoms with Gasteiger partial charge < -0.3 is 36.2 Å². The topological polar surface area (TPSA) is 129 Å². The molecule has 5 aliphatic rings. The summed E-state index contributed by atoms with van der Waals surface area (Å²) >= 11 is 9.82. The maximum Gasteiger partial charge on any atom is 0.225 e. The molecule has 9 rings (SSSR count). The van der Waals surface area contributed by atoms with E-state index in [9.17, 15) is 0 Å². The maximum absolute atomic E-state index is 6.17. The first-order chi connectivity index (χ1) is 25.7. The second kappa shape index (κ2) is 18.7. The second-order valence-corrected chi connectivity index (χ2v) is 18.3. The van der Waals surface area contributed by atoms with Crippen molar-refractivity contribution in [2.45, 2.75) is 141 Å². The molecule has 4 aromatic rings. The van der Waals surface area contributed by atoms with Gasteiger partial charge in [0.1, 0.15) is 27.5 Å². The maximum atomic E-state index is 6.17. The zero-order chi connectivity index (χ0) is 37.1. The van der Waals surface area contributed by atoms with Crippen LogP contribution in [-0.2, 0) is 30.4 Å². The van der Waals surface area contributed by atoms with Crippen LogP contribution in [0.1, 0.15) is 105 Å². The number of hydrogen-bond acceptors (Lipinski definition) is 13. The van der Waals surface area contributed by atoms with Crippen LogP contribution in [0, 0.1) is 0 Å². The molecular formula is C40H63ClN10OS2. The van der Waals surface area contributed by atoms with Gasteiger partial charge in [0.15, 0.2) is 0 Å². The highest BCUT2D eigenvalue weighted by Crippen LogP contribution is 2.42. The number of anilines is 3. The Bertz CT molecular complexity index is 1820. The molecule has 11 nitrogen and oxygen atoms in total. The molecule has 3 fully saturated rings. The molecule has 0 spiro atoms. The first kappa shape index (κ1) is 41.2. The van der Waals surface area contributed by atoms with Crippen LogP contribution < -0.4 is 21.7 Å². The molecule has 1 atom stereocenters. The van der Waals surface area contributed by atoms with Gasteiger partial charge >= 0.3 is 0 Å². The number of thiophene rings is 2. The van der Waals surface area contributed by atoms with Crippen LogP contribution in [0.3, 0.4) is 0 Å². The molecule has 5 heterocycles. The van der Waals surface area contributed by atoms with E-state index in [0.29, 0.717) is 23.4 Å². The van der Waals surface area contributed by atoms with E-state index in [1.165, 1.54) is 115 Å². The van der Waals surface area contributed by atoms with Crippen LogP contribution in [-0.4, -0.2) is 102 Å². The summed E-state index contributed by atoms with van der Waals surface area (Å²) in [6, 6.07) is 2.47. The standard InChI is InChI=1S/C18H27N5S.C17H23ClN4S.C4H9NO.CH4/c1-19-18-21-16(20-11-7-9-12(10-8-11)23(2)3)15-13-5-4-6-14(13)24-17(15)22-18;1-22(2)11-8-6-10(7-9-11)19-15-14-12-4-3-5-13(12)23-16(14)21-17(18)20-15;5-4-2-1-3-6-4;/h11-12H,4-10H2,1-3H3,(H2,19,20,21,22);10-11H,3-9H2,1-2H3,(H,19,20,21);4H,1-3,5H2;1H4. The number of nitrogens with zero attached hydrogens (tertiary/aromatic N) is 6. The van der Waals surface area contributed by atoms with E-state index in [-0.39, 0.29) is 13.7 Å². The van der Waals surface area contributed by atoms with Crippen molar-refractivity contribution in [1.29, 1.82) is 0 Å². The van der Waals surface area contributed by atoms with Crippen molar-refractivity contribution < 1.29 is 4.74 Å². The summed E-state index contributed by atoms with van der Waals surface area (Å²) in [6.45, 7) is 0.862. The lowest BCUT2D eigenvalue weighted by atomic mass is 9.90. The monoisotopic (exact) mass is 798 g/mol. The SMILES string of the molecule is C.CN(C)C1CCC(Nc2nc(Cl)nc3sc4c(c23)CCC4)CC1.CNc1nc(NC2CCC(N(C)C)CC2)c2c3c(sc2n1)CCC3.NC1CCCO1. The van der Waals surface area contributed by atoms with E-state index in [0.717, 1.165) is 59.2 Å². The van der Waals surface area contributed by atoms with Crippen LogP contribution in [0.2, 0.25) is 5.28 Å². The van der Waals surface area contributed by atoms with Crippen molar-refractivity contribution in [3.63, 3.8) is 0 Å². The largest absolute Gasteiger partial charge is 0.367 e. The van der Waals surface area contributed by atoms with Gasteiger partial charge in [0.2, 0.25) is 11.2 Å². The molecule has 0 radical (unpaired) electrons. The molecule has 2 saturated carbocycles. The lowest BCUT2D eigenvalue weighted by Crippen LogP contribution is -2.36. The fourth-order valence-electron chi connectivity index (χ4n) is 8.75. The molecular weight excluding hydrogens is 736 g/mol. The third-order valence-corrected chi connectivity index (χ3v) is 14.4. The van der Waals surface area contributed by atoms with Crippen LogP contribution in [0.4, 0.5) is 17.6 Å². The Hall–Kier alpha value is -2.39. The summed E-state index contributed by atoms with van der Waals surface area (Å²) in [7, 11) is 10.6. The highest BCUT2D eigenvalue weighted by molar-refractivity contribution is 7.19. The minimum Gasteiger partial charge on any atom is -0.367 e. The zero-order valence-corrected chi connectivity index (χ0v) is 34.7. The van der Waals surface area contributed by atoms with Crippen molar-refractivity contribution in [3.8, 4) is 0 Å². The van der Waals surface area contributed by atoms with Crippen LogP contribution in [0.25, 0.3) is 20.4 Å². The Balaban J connectivity index is 0.000000157. The molecule has 4 aliphatic carbocycles. The molecule has 4 aromatic heterocycles. The number of nitrogens with two attached hydrogens (primary N) is 1. The Labute approximate surface area is 335 Å². The minimum absolute atomic E-state index is 0. The van der Waals surface area contributed by atoms with Gasteiger partial charge in [-0.05, 0) is 154 Å². The van der Waals surface area contributed by atoms with Crippen molar-refractivity contribution >= 4 is 72.3 Å². The van der Waals surface area contributed by atoms with E-state index in [1.807, 2.05) is 18.4 Å². The minimum atomic E-state index is 0. The van der Waals surface area contributed by atoms with Gasteiger partial charge in [0.05, 0.1) is 10.8 Å². The zero-order valence-electron chi connectivity index (χ0n) is 32.3. The summed E-state index contributed by atoms with van der Waals surface area (Å²) in [4.78, 5) is 28.4. The number of fused-ring (bicyclic) bond motifs is 6. The Morgan fingerprint density at radius 3 is 1.59 bits per heavy atom. The average molecular weight is 800 g/mol. The molecule has 1 aliphatic heterocycles. The van der Waals surface area contributed by atoms with Crippen molar-refractivity contribution in [2.75, 3.05) is 57.8 Å². The summed E-state index contributed by atoms with van der Waals surface area (Å²) in [6.07, 6.45) is 19.3. The molecule has 298 valence electrons. The van der Waals surface area contributed by atoms with Gasteiger partial charge in [-0.25, -0.2) is 15.0 Å². The normalized spacial score (nSPS) is 24.7. The lowest BCUT2D eigenvalue weighted by molar-refractivity contribution is 0.116. The van der Waals surface area contributed by atoms with Gasteiger partial charge in [-0.1, -0.05) is 7.43 Å². The molecule has 0 bridgehead atoms. The van der Waals surface area contributed by atoms with Crippen LogP contribution in [0.5, 0.6) is 0 Å². The molecule has 54 heavy (non-hydrogen) atoms. The first-order valence-electron chi connectivity index (χ1n) is 19.9. The molecule has 0 aromatic carbocycles. The third-order valence-electron chi connectivity index (χ3n) is 11.8. The quantitative estimate of drug-likeness (QED) is 0.135. The smallest absolute Gasteiger partial charge is 0.225 e. The summed E-state index contributed by atoms with van der Waals surface area (Å²) < 4.78 is 4.93. The highest BCUT2D eigenvalue weighted by atomic mass is 35.5. The van der Waals surface area contributed by atoms with Gasteiger partial charge in [-0.2, -0.15) is 4.98 Å². The fraction of sp³-hybridized carbons (Fsp3) is 0.700. The van der Waals surface area contributed by atoms with Crippen LogP contribution in [0.15, 0.2) is 0 Å². The Morgan fingerprint density at radius 2 is 1.17 bits per heavy atom. The summed E-state index contributed by atoms with van der Waals surface area (Å²) in [5.41, 5.74) is 8.28. The van der Waals surface area contributed by atoms with Gasteiger partial charge in [-0.3, -0.25) is 0 Å². The van der Waals surface area contributed by atoms with E-state index in [1.54, 1.807) is 11.3 Å². The number of halogens is 1. The number of aryl methyl sites for hydroxylation is 4. The van der Waals surface area contributed by atoms with Gasteiger partial charge in [0.25, 0.3) is 0 Å². The molecule has 0 amide bonds. The van der Waals surface area contributed by atoms with Crippen LogP contribution >= 0.6 is 34.3 Å². The molecule has 14 heteroatoms. The molecule has 5 N–H and O–H groups in total. The first-order valence-corrected chi connectivity index (χ1v) is 21.9. The fourth-order valence-corrected chi connectivity index (χ4v) is 11.5. The molecule has 1 unspecified atom stereocenters. The number of nitrogens with one attached hydrogen (secondary N) is 3. The average Bonchev–Trinajstić information content (AvgIpc) is 3.98. The van der Waals surface area contributed by atoms with Crippen molar-refractivity contribution in [2.24, 2.45) is 5.73 Å². The lowest BCUT2D eigenvalue weighted by Gasteiger charge is -2.33. The predicted molar refractivity (Wildman–Crippen MR) is 230 cm³/mol. The van der Waals surface area contributed by atoms with E-state index in [4.69, 9.17) is 32.0 Å². The predicted octanol–water partition coefficient (Wildman–Crippen LogP) is 8.34. The van der Waals surface area contributed by atoms with Crippen molar-refractivity contribution in [1.82, 2.24) is 29.7 Å². The van der Waals surface area contributed by atoms with Crippen molar-refractivity contribution in [3.05, 3.63) is 26.2 Å². The van der Waals surface area contributed by atoms with E-state index < -0.39 is 0 Å². The molecule has 1 saturated heterocycles. The number of ether oxygens (including phenoxy) is 1. The van der Waals surface area contributed by atoms with Gasteiger partial charge in [-0.15, -0.1) is 22.7 Å². The Morgan fingerprint density at radius 1 is 0.667 bits per heavy atom. The summed E-state index contributed by atoms with van der Waals surface area (Å²) in [5.74, 6) is 2.75. The summed E-state index contributed by atoms with van der Waals surface area (Å²) in [5, 5.41) is 13.5.